The first kappa shape index (κ1) is 12.0. The largest absolute Gasteiger partial charge is 0.397 e. The predicted octanol–water partition coefficient (Wildman–Crippen LogP) is 2.36. The molecule has 0 aliphatic rings. The molecule has 1 heterocycles. The number of nitrogens with one attached hydrogen (secondary N) is 1. The maximum absolute atomic E-state index is 5.78. The highest BCUT2D eigenvalue weighted by atomic mass is 32.2. The average Bonchev–Trinajstić information content (AvgIpc) is 2.78. The number of thioether (sulfide) groups is 1. The number of aromatic nitrogens is 2. The second kappa shape index (κ2) is 4.44. The Hall–Kier alpha value is -1.43. The summed E-state index contributed by atoms with van der Waals surface area (Å²) in [5.74, 6) is 0. The standard InChI is InChI=1S/C11H16N4OS/c1-11(2,17-3)6-13-8-5-4-7(12)9-10(8)15-16-14-9/h4-5,13H,6,12H2,1-3H3. The third-order valence-electron chi connectivity index (χ3n) is 2.70. The van der Waals surface area contributed by atoms with E-state index < -0.39 is 0 Å². The van der Waals surface area contributed by atoms with Crippen molar-refractivity contribution in [1.29, 1.82) is 0 Å². The maximum atomic E-state index is 5.78. The van der Waals surface area contributed by atoms with Crippen LogP contribution in [0.3, 0.4) is 0 Å². The smallest absolute Gasteiger partial charge is 0.160 e. The van der Waals surface area contributed by atoms with Crippen molar-refractivity contribution in [2.75, 3.05) is 23.9 Å². The highest BCUT2D eigenvalue weighted by Gasteiger charge is 2.17. The Balaban J connectivity index is 2.25. The number of anilines is 2. The molecule has 0 aliphatic heterocycles. The number of hydrogen-bond acceptors (Lipinski definition) is 6. The third-order valence-corrected chi connectivity index (χ3v) is 3.95. The van der Waals surface area contributed by atoms with Crippen LogP contribution in [0.25, 0.3) is 11.0 Å². The van der Waals surface area contributed by atoms with E-state index in [9.17, 15) is 0 Å². The Kier molecular flexibility index (Phi) is 3.15. The number of nitrogens with two attached hydrogens (primary N) is 1. The van der Waals surface area contributed by atoms with Gasteiger partial charge in [0.2, 0.25) is 0 Å². The minimum Gasteiger partial charge on any atom is -0.397 e. The molecule has 92 valence electrons. The van der Waals surface area contributed by atoms with Gasteiger partial charge in [-0.2, -0.15) is 11.8 Å². The number of fused-ring (bicyclic) bond motifs is 1. The number of nitrogen functional groups attached to an aromatic ring is 1. The predicted molar refractivity (Wildman–Crippen MR) is 72.3 cm³/mol. The van der Waals surface area contributed by atoms with Gasteiger partial charge in [0.25, 0.3) is 0 Å². The van der Waals surface area contributed by atoms with Gasteiger partial charge in [0.05, 0.1) is 11.4 Å². The quantitative estimate of drug-likeness (QED) is 0.813. The van der Waals surface area contributed by atoms with Gasteiger partial charge in [-0.1, -0.05) is 0 Å². The molecular formula is C11H16N4OS. The zero-order valence-corrected chi connectivity index (χ0v) is 11.0. The summed E-state index contributed by atoms with van der Waals surface area (Å²) in [6.07, 6.45) is 2.10. The molecule has 0 bridgehead atoms. The fourth-order valence-electron chi connectivity index (χ4n) is 1.41. The van der Waals surface area contributed by atoms with Crippen molar-refractivity contribution in [2.45, 2.75) is 18.6 Å². The van der Waals surface area contributed by atoms with Crippen LogP contribution in [0.5, 0.6) is 0 Å². The van der Waals surface area contributed by atoms with E-state index >= 15 is 0 Å². The fourth-order valence-corrected chi connectivity index (χ4v) is 1.63. The van der Waals surface area contributed by atoms with Gasteiger partial charge in [0.15, 0.2) is 11.0 Å². The SMILES string of the molecule is CSC(C)(C)CNc1ccc(N)c2nonc12. The zero-order chi connectivity index (χ0) is 12.5. The second-order valence-electron chi connectivity index (χ2n) is 4.48. The van der Waals surface area contributed by atoms with Gasteiger partial charge < -0.3 is 11.1 Å². The van der Waals surface area contributed by atoms with Crippen LogP contribution in [0.2, 0.25) is 0 Å². The third kappa shape index (κ3) is 2.46. The summed E-state index contributed by atoms with van der Waals surface area (Å²) >= 11 is 1.81. The van der Waals surface area contributed by atoms with Crippen molar-refractivity contribution in [1.82, 2.24) is 10.3 Å². The van der Waals surface area contributed by atoms with Crippen molar-refractivity contribution in [3.8, 4) is 0 Å². The average molecular weight is 252 g/mol. The van der Waals surface area contributed by atoms with Crippen LogP contribution >= 0.6 is 11.8 Å². The van der Waals surface area contributed by atoms with E-state index in [1.165, 1.54) is 0 Å². The highest BCUT2D eigenvalue weighted by Crippen LogP contribution is 2.27. The Bertz CT molecular complexity index is 523. The molecule has 0 atom stereocenters. The van der Waals surface area contributed by atoms with E-state index in [-0.39, 0.29) is 4.75 Å². The molecule has 0 radical (unpaired) electrons. The lowest BCUT2D eigenvalue weighted by molar-refractivity contribution is 0.315. The lowest BCUT2D eigenvalue weighted by Crippen LogP contribution is -2.25. The molecular weight excluding hydrogens is 236 g/mol. The van der Waals surface area contributed by atoms with Crippen LogP contribution < -0.4 is 11.1 Å². The second-order valence-corrected chi connectivity index (χ2v) is 5.99. The molecule has 0 saturated carbocycles. The lowest BCUT2D eigenvalue weighted by Gasteiger charge is -2.22. The van der Waals surface area contributed by atoms with Crippen LogP contribution in [-0.2, 0) is 0 Å². The maximum Gasteiger partial charge on any atom is 0.160 e. The van der Waals surface area contributed by atoms with E-state index in [1.54, 1.807) is 6.07 Å². The lowest BCUT2D eigenvalue weighted by atomic mass is 10.2. The molecule has 5 nitrogen and oxygen atoms in total. The Labute approximate surface area is 104 Å². The summed E-state index contributed by atoms with van der Waals surface area (Å²) in [5, 5.41) is 11.0. The van der Waals surface area contributed by atoms with Crippen LogP contribution in [0.4, 0.5) is 11.4 Å². The molecule has 0 aliphatic carbocycles. The van der Waals surface area contributed by atoms with Gasteiger partial charge in [0.1, 0.15) is 0 Å². The van der Waals surface area contributed by atoms with E-state index in [4.69, 9.17) is 10.4 Å². The minimum absolute atomic E-state index is 0.158. The fraction of sp³-hybridized carbons (Fsp3) is 0.455. The van der Waals surface area contributed by atoms with Crippen molar-refractivity contribution in [3.05, 3.63) is 12.1 Å². The molecule has 2 aromatic rings. The van der Waals surface area contributed by atoms with E-state index in [0.717, 1.165) is 12.2 Å². The van der Waals surface area contributed by atoms with Gasteiger partial charge in [0, 0.05) is 11.3 Å². The van der Waals surface area contributed by atoms with Gasteiger partial charge in [-0.25, -0.2) is 4.63 Å². The van der Waals surface area contributed by atoms with Gasteiger partial charge in [-0.15, -0.1) is 0 Å². The molecule has 2 rings (SSSR count). The summed E-state index contributed by atoms with van der Waals surface area (Å²) in [6.45, 7) is 5.19. The zero-order valence-electron chi connectivity index (χ0n) is 10.2. The van der Waals surface area contributed by atoms with Crippen LogP contribution in [0.15, 0.2) is 16.8 Å². The van der Waals surface area contributed by atoms with Crippen LogP contribution in [0.1, 0.15) is 13.8 Å². The van der Waals surface area contributed by atoms with Crippen molar-refractivity contribution in [2.24, 2.45) is 0 Å². The number of hydrogen-bond donors (Lipinski definition) is 2. The Morgan fingerprint density at radius 1 is 1.35 bits per heavy atom. The first-order valence-corrected chi connectivity index (χ1v) is 6.56. The van der Waals surface area contributed by atoms with Gasteiger partial charge in [-0.3, -0.25) is 0 Å². The molecule has 0 unspecified atom stereocenters. The minimum atomic E-state index is 0.158. The normalized spacial score (nSPS) is 11.9. The molecule has 1 aromatic carbocycles. The summed E-state index contributed by atoms with van der Waals surface area (Å²) in [7, 11) is 0. The Morgan fingerprint density at radius 2 is 2.06 bits per heavy atom. The van der Waals surface area contributed by atoms with Crippen LogP contribution in [0, 0.1) is 0 Å². The molecule has 6 heteroatoms. The van der Waals surface area contributed by atoms with Crippen LogP contribution in [-0.4, -0.2) is 27.9 Å². The van der Waals surface area contributed by atoms with E-state index in [0.29, 0.717) is 16.7 Å². The van der Waals surface area contributed by atoms with Gasteiger partial charge >= 0.3 is 0 Å². The first-order valence-electron chi connectivity index (χ1n) is 5.33. The topological polar surface area (TPSA) is 77.0 Å². The molecule has 0 saturated heterocycles. The highest BCUT2D eigenvalue weighted by molar-refractivity contribution is 7.99. The summed E-state index contributed by atoms with van der Waals surface area (Å²) in [4.78, 5) is 0. The molecule has 0 fully saturated rings. The Morgan fingerprint density at radius 3 is 2.76 bits per heavy atom. The molecule has 0 amide bonds. The molecule has 17 heavy (non-hydrogen) atoms. The molecule has 3 N–H and O–H groups in total. The van der Waals surface area contributed by atoms with Crippen molar-refractivity contribution < 1.29 is 4.63 Å². The first-order chi connectivity index (χ1) is 8.03. The molecule has 1 aromatic heterocycles. The van der Waals surface area contributed by atoms with E-state index in [1.807, 2.05) is 17.8 Å². The number of nitrogens with zero attached hydrogens (tertiary/aromatic N) is 2. The van der Waals surface area contributed by atoms with Crippen molar-refractivity contribution in [3.63, 3.8) is 0 Å². The summed E-state index contributed by atoms with van der Waals surface area (Å²) in [5.41, 5.74) is 8.55. The number of rotatable bonds is 4. The number of benzene rings is 1. The summed E-state index contributed by atoms with van der Waals surface area (Å²) in [6, 6.07) is 3.71. The van der Waals surface area contributed by atoms with Gasteiger partial charge in [-0.05, 0) is 42.5 Å². The molecule has 0 spiro atoms. The monoisotopic (exact) mass is 252 g/mol. The summed E-state index contributed by atoms with van der Waals surface area (Å²) < 4.78 is 4.88. The van der Waals surface area contributed by atoms with Crippen molar-refractivity contribution >= 4 is 34.2 Å². The van der Waals surface area contributed by atoms with E-state index in [2.05, 4.69) is 35.7 Å².